The molecule has 0 amide bonds. The molecule has 2 aromatic rings. The van der Waals surface area contributed by atoms with Gasteiger partial charge in [-0.15, -0.1) is 11.8 Å². The molecule has 3 rings (SSSR count). The first-order valence-electron chi connectivity index (χ1n) is 8.83. The van der Waals surface area contributed by atoms with Gasteiger partial charge < -0.3 is 9.47 Å². The second-order valence-corrected chi connectivity index (χ2v) is 8.56. The lowest BCUT2D eigenvalue weighted by Gasteiger charge is -2.31. The van der Waals surface area contributed by atoms with Crippen molar-refractivity contribution in [1.29, 1.82) is 0 Å². The predicted molar refractivity (Wildman–Crippen MR) is 107 cm³/mol. The van der Waals surface area contributed by atoms with Gasteiger partial charge in [0.05, 0.1) is 17.1 Å². The Labute approximate surface area is 159 Å². The molecule has 0 aliphatic carbocycles. The van der Waals surface area contributed by atoms with Crippen LogP contribution in [0.2, 0.25) is 0 Å². The number of carbonyl (C=O) groups is 1. The van der Waals surface area contributed by atoms with Crippen molar-refractivity contribution in [2.75, 3.05) is 13.2 Å². The highest BCUT2D eigenvalue weighted by Gasteiger charge is 2.27. The standard InChI is InChI=1S/C22H24O3S/c1-5-18(15-7-9-16(10-8-15)21(23)24-6-2)17-11-12-20-19(13-17)25-14-22(3,4)26-20/h5,7-13H,6,14H2,1-4H3. The van der Waals surface area contributed by atoms with E-state index in [1.54, 1.807) is 0 Å². The van der Waals surface area contributed by atoms with E-state index in [0.717, 1.165) is 22.4 Å². The van der Waals surface area contributed by atoms with Gasteiger partial charge in [-0.05, 0) is 68.7 Å². The summed E-state index contributed by atoms with van der Waals surface area (Å²) in [6.07, 6.45) is 2.08. The van der Waals surface area contributed by atoms with Gasteiger partial charge in [0.2, 0.25) is 0 Å². The van der Waals surface area contributed by atoms with Crippen molar-refractivity contribution in [3.05, 3.63) is 65.2 Å². The van der Waals surface area contributed by atoms with Crippen molar-refractivity contribution < 1.29 is 14.3 Å². The molecule has 0 saturated heterocycles. The van der Waals surface area contributed by atoms with Gasteiger partial charge in [-0.3, -0.25) is 0 Å². The first kappa shape index (κ1) is 18.6. The third-order valence-electron chi connectivity index (χ3n) is 4.21. The van der Waals surface area contributed by atoms with E-state index in [4.69, 9.17) is 9.47 Å². The van der Waals surface area contributed by atoms with E-state index in [2.05, 4.69) is 38.1 Å². The molecule has 0 saturated carbocycles. The Morgan fingerprint density at radius 3 is 2.46 bits per heavy atom. The molecule has 136 valence electrons. The fourth-order valence-electron chi connectivity index (χ4n) is 2.95. The number of thioether (sulfide) groups is 1. The highest BCUT2D eigenvalue weighted by atomic mass is 32.2. The summed E-state index contributed by atoms with van der Waals surface area (Å²) in [5.41, 5.74) is 3.85. The summed E-state index contributed by atoms with van der Waals surface area (Å²) in [5.74, 6) is 0.650. The molecule has 0 unspecified atom stereocenters. The maximum absolute atomic E-state index is 11.8. The van der Waals surface area contributed by atoms with Gasteiger partial charge in [0, 0.05) is 4.75 Å². The van der Waals surface area contributed by atoms with E-state index in [9.17, 15) is 4.79 Å². The van der Waals surface area contributed by atoms with Crippen LogP contribution in [0.1, 0.15) is 49.2 Å². The average Bonchev–Trinajstić information content (AvgIpc) is 2.62. The van der Waals surface area contributed by atoms with Crippen LogP contribution in [0.3, 0.4) is 0 Å². The fraction of sp³-hybridized carbons (Fsp3) is 0.318. The number of allylic oxidation sites excluding steroid dienone is 1. The second kappa shape index (κ2) is 7.58. The summed E-state index contributed by atoms with van der Waals surface area (Å²) in [6, 6.07) is 13.9. The minimum absolute atomic E-state index is 0.0981. The molecule has 0 atom stereocenters. The molecule has 2 aromatic carbocycles. The van der Waals surface area contributed by atoms with E-state index >= 15 is 0 Å². The molecule has 4 heteroatoms. The van der Waals surface area contributed by atoms with Gasteiger partial charge in [-0.1, -0.05) is 24.3 Å². The van der Waals surface area contributed by atoms with E-state index in [-0.39, 0.29) is 10.7 Å². The molecule has 1 heterocycles. The van der Waals surface area contributed by atoms with Crippen molar-refractivity contribution >= 4 is 23.3 Å². The Hall–Kier alpha value is -2.20. The topological polar surface area (TPSA) is 35.5 Å². The molecule has 0 N–H and O–H groups in total. The number of rotatable bonds is 4. The zero-order chi connectivity index (χ0) is 18.7. The molecule has 1 aliphatic heterocycles. The second-order valence-electron chi connectivity index (χ2n) is 6.81. The molecular formula is C22H24O3S. The van der Waals surface area contributed by atoms with Crippen LogP contribution in [0.25, 0.3) is 5.57 Å². The Morgan fingerprint density at radius 2 is 1.81 bits per heavy atom. The highest BCUT2D eigenvalue weighted by Crippen LogP contribution is 2.44. The van der Waals surface area contributed by atoms with E-state index in [0.29, 0.717) is 18.8 Å². The SMILES string of the molecule is CC=C(c1ccc(C(=O)OCC)cc1)c1ccc2c(c1)OCC(C)(C)S2. The first-order chi connectivity index (χ1) is 12.4. The Balaban J connectivity index is 1.87. The van der Waals surface area contributed by atoms with Crippen molar-refractivity contribution in [3.8, 4) is 5.75 Å². The van der Waals surface area contributed by atoms with Crippen LogP contribution in [0, 0.1) is 0 Å². The summed E-state index contributed by atoms with van der Waals surface area (Å²) < 4.78 is 11.1. The molecule has 0 fully saturated rings. The van der Waals surface area contributed by atoms with Crippen molar-refractivity contribution in [3.63, 3.8) is 0 Å². The molecule has 3 nitrogen and oxygen atoms in total. The van der Waals surface area contributed by atoms with Crippen LogP contribution >= 0.6 is 11.8 Å². The zero-order valence-electron chi connectivity index (χ0n) is 15.7. The normalized spacial score (nSPS) is 15.8. The van der Waals surface area contributed by atoms with Gasteiger partial charge >= 0.3 is 5.97 Å². The predicted octanol–water partition coefficient (Wildman–Crippen LogP) is 5.58. The van der Waals surface area contributed by atoms with E-state index < -0.39 is 0 Å². The summed E-state index contributed by atoms with van der Waals surface area (Å²) >= 11 is 1.85. The molecule has 0 aromatic heterocycles. The highest BCUT2D eigenvalue weighted by molar-refractivity contribution is 8.00. The Bertz CT molecular complexity index is 835. The Morgan fingerprint density at radius 1 is 1.15 bits per heavy atom. The smallest absolute Gasteiger partial charge is 0.338 e. The summed E-state index contributed by atoms with van der Waals surface area (Å²) in [6.45, 7) is 9.29. The zero-order valence-corrected chi connectivity index (χ0v) is 16.5. The summed E-state index contributed by atoms with van der Waals surface area (Å²) in [4.78, 5) is 13.0. The number of carbonyl (C=O) groups excluding carboxylic acids is 1. The Kier molecular flexibility index (Phi) is 5.42. The molecule has 0 radical (unpaired) electrons. The number of benzene rings is 2. The largest absolute Gasteiger partial charge is 0.491 e. The number of hydrogen-bond donors (Lipinski definition) is 0. The maximum atomic E-state index is 11.8. The quantitative estimate of drug-likeness (QED) is 0.660. The lowest BCUT2D eigenvalue weighted by Crippen LogP contribution is -2.28. The first-order valence-corrected chi connectivity index (χ1v) is 9.65. The average molecular weight is 368 g/mol. The molecule has 0 spiro atoms. The van der Waals surface area contributed by atoms with Crippen molar-refractivity contribution in [2.24, 2.45) is 0 Å². The number of hydrogen-bond acceptors (Lipinski definition) is 4. The molecular weight excluding hydrogens is 344 g/mol. The van der Waals surface area contributed by atoms with Crippen molar-refractivity contribution in [2.45, 2.75) is 37.3 Å². The third-order valence-corrected chi connectivity index (χ3v) is 5.44. The molecule has 26 heavy (non-hydrogen) atoms. The summed E-state index contributed by atoms with van der Waals surface area (Å²) in [5, 5.41) is 0. The number of fused-ring (bicyclic) bond motifs is 1. The maximum Gasteiger partial charge on any atom is 0.338 e. The minimum Gasteiger partial charge on any atom is -0.491 e. The summed E-state index contributed by atoms with van der Waals surface area (Å²) in [7, 11) is 0. The van der Waals surface area contributed by atoms with Gasteiger partial charge in [0.15, 0.2) is 0 Å². The minimum atomic E-state index is -0.289. The number of esters is 1. The van der Waals surface area contributed by atoms with Crippen LogP contribution in [0.4, 0.5) is 0 Å². The molecule has 1 aliphatic rings. The van der Waals surface area contributed by atoms with Crippen LogP contribution in [0.5, 0.6) is 5.75 Å². The van der Waals surface area contributed by atoms with Gasteiger partial charge in [0.1, 0.15) is 12.4 Å². The molecule has 0 bridgehead atoms. The van der Waals surface area contributed by atoms with Gasteiger partial charge in [0.25, 0.3) is 0 Å². The monoisotopic (exact) mass is 368 g/mol. The van der Waals surface area contributed by atoms with Gasteiger partial charge in [-0.2, -0.15) is 0 Å². The lowest BCUT2D eigenvalue weighted by molar-refractivity contribution is 0.0526. The van der Waals surface area contributed by atoms with Gasteiger partial charge in [-0.25, -0.2) is 4.79 Å². The lowest BCUT2D eigenvalue weighted by atomic mass is 9.96. The van der Waals surface area contributed by atoms with E-state index in [1.165, 1.54) is 4.90 Å². The van der Waals surface area contributed by atoms with Crippen LogP contribution < -0.4 is 4.74 Å². The van der Waals surface area contributed by atoms with E-state index in [1.807, 2.05) is 49.9 Å². The number of ether oxygens (including phenoxy) is 2. The van der Waals surface area contributed by atoms with Crippen molar-refractivity contribution in [1.82, 2.24) is 0 Å². The van der Waals surface area contributed by atoms with Crippen LogP contribution in [-0.2, 0) is 4.74 Å². The third kappa shape index (κ3) is 3.96. The fourth-order valence-corrected chi connectivity index (χ4v) is 4.02. The van der Waals surface area contributed by atoms with Crippen LogP contribution in [-0.4, -0.2) is 23.9 Å². The van der Waals surface area contributed by atoms with Crippen LogP contribution in [0.15, 0.2) is 53.4 Å².